The number of rotatable bonds is 4. The lowest BCUT2D eigenvalue weighted by Crippen LogP contribution is -2.28. The maximum atomic E-state index is 14.5. The van der Waals surface area contributed by atoms with E-state index in [0.29, 0.717) is 24.5 Å². The zero-order chi connectivity index (χ0) is 19.3. The zero-order valence-electron chi connectivity index (χ0n) is 15.3. The molecule has 2 N–H and O–H groups in total. The smallest absolute Gasteiger partial charge is 0.270 e. The van der Waals surface area contributed by atoms with Crippen LogP contribution >= 0.6 is 0 Å². The van der Waals surface area contributed by atoms with Crippen molar-refractivity contribution in [2.75, 3.05) is 31.1 Å². The molecule has 1 aromatic heterocycles. The second-order valence-corrected chi connectivity index (χ2v) is 7.42. The molecule has 2 aromatic rings. The van der Waals surface area contributed by atoms with Gasteiger partial charge in [-0.25, -0.2) is 4.39 Å². The summed E-state index contributed by atoms with van der Waals surface area (Å²) in [6, 6.07) is 6.48. The standard InChI is InChI=1S/C20H21FN4O3/c21-15-10-13(3-4-14(15)19(26)23-17-11-28-17)25-8-5-12-9-16(22-18(12)25)20(27)24-6-1-2-7-24/h3-4,9-10,17,22H,1-2,5-8,11H2,(H,23,26). The predicted molar refractivity (Wildman–Crippen MR) is 100 cm³/mol. The molecule has 4 heterocycles. The van der Waals surface area contributed by atoms with Gasteiger partial charge in [0.2, 0.25) is 0 Å². The fraction of sp³-hybridized carbons (Fsp3) is 0.400. The SMILES string of the molecule is O=C(NC1CO1)c1ccc(N2CCc3cc(C(=O)N4CCCC4)[nH]c32)cc1F. The molecule has 146 valence electrons. The van der Waals surface area contributed by atoms with Crippen LogP contribution in [0.2, 0.25) is 0 Å². The van der Waals surface area contributed by atoms with E-state index < -0.39 is 11.7 Å². The summed E-state index contributed by atoms with van der Waals surface area (Å²) in [5, 5.41) is 2.60. The van der Waals surface area contributed by atoms with E-state index in [2.05, 4.69) is 10.3 Å². The van der Waals surface area contributed by atoms with Crippen molar-refractivity contribution in [1.29, 1.82) is 0 Å². The molecule has 5 rings (SSSR count). The van der Waals surface area contributed by atoms with Crippen LogP contribution in [0.15, 0.2) is 24.3 Å². The quantitative estimate of drug-likeness (QED) is 0.792. The van der Waals surface area contributed by atoms with Crippen LogP contribution in [0.3, 0.4) is 0 Å². The van der Waals surface area contributed by atoms with Gasteiger partial charge in [0.1, 0.15) is 17.3 Å². The molecule has 0 radical (unpaired) electrons. The number of hydrogen-bond donors (Lipinski definition) is 2. The third-order valence-corrected chi connectivity index (χ3v) is 5.51. The van der Waals surface area contributed by atoms with Gasteiger partial charge in [-0.15, -0.1) is 0 Å². The second-order valence-electron chi connectivity index (χ2n) is 7.42. The van der Waals surface area contributed by atoms with Crippen LogP contribution in [-0.2, 0) is 11.2 Å². The molecule has 7 nitrogen and oxygen atoms in total. The number of H-pyrrole nitrogens is 1. The number of aromatic nitrogens is 1. The average Bonchev–Trinajstić information content (AvgIpc) is 3.10. The summed E-state index contributed by atoms with van der Waals surface area (Å²) in [6.45, 7) is 2.76. The third-order valence-electron chi connectivity index (χ3n) is 5.51. The first-order valence-electron chi connectivity index (χ1n) is 9.61. The molecule has 3 aliphatic rings. The van der Waals surface area contributed by atoms with Crippen molar-refractivity contribution in [3.05, 3.63) is 46.9 Å². The van der Waals surface area contributed by atoms with E-state index >= 15 is 0 Å². The molecule has 0 saturated carbocycles. The van der Waals surface area contributed by atoms with Crippen molar-refractivity contribution >= 4 is 23.3 Å². The van der Waals surface area contributed by atoms with Crippen molar-refractivity contribution in [2.24, 2.45) is 0 Å². The highest BCUT2D eigenvalue weighted by Gasteiger charge is 2.29. The number of carbonyl (C=O) groups excluding carboxylic acids is 2. The number of epoxide rings is 1. The number of fused-ring (bicyclic) bond motifs is 1. The van der Waals surface area contributed by atoms with Crippen LogP contribution in [0, 0.1) is 5.82 Å². The van der Waals surface area contributed by atoms with Crippen LogP contribution in [0.4, 0.5) is 15.9 Å². The Morgan fingerprint density at radius 3 is 2.68 bits per heavy atom. The molecule has 1 aromatic carbocycles. The van der Waals surface area contributed by atoms with Crippen molar-refractivity contribution in [2.45, 2.75) is 25.5 Å². The Kier molecular flexibility index (Phi) is 4.08. The van der Waals surface area contributed by atoms with Crippen LogP contribution < -0.4 is 10.2 Å². The molecule has 28 heavy (non-hydrogen) atoms. The van der Waals surface area contributed by atoms with Gasteiger partial charge in [-0.05, 0) is 49.1 Å². The van der Waals surface area contributed by atoms with Gasteiger partial charge < -0.3 is 24.8 Å². The molecule has 0 bridgehead atoms. The van der Waals surface area contributed by atoms with Crippen LogP contribution in [0.5, 0.6) is 0 Å². The molecule has 8 heteroatoms. The highest BCUT2D eigenvalue weighted by Crippen LogP contribution is 2.35. The van der Waals surface area contributed by atoms with E-state index in [1.54, 1.807) is 6.07 Å². The van der Waals surface area contributed by atoms with E-state index in [9.17, 15) is 14.0 Å². The molecule has 2 saturated heterocycles. The van der Waals surface area contributed by atoms with Gasteiger partial charge in [0.15, 0.2) is 6.23 Å². The molecule has 2 fully saturated rings. The predicted octanol–water partition coefficient (Wildman–Crippen LogP) is 2.17. The summed E-state index contributed by atoms with van der Waals surface area (Å²) in [4.78, 5) is 31.7. The van der Waals surface area contributed by atoms with Gasteiger partial charge in [0.05, 0.1) is 12.2 Å². The number of amides is 2. The number of nitrogens with zero attached hydrogens (tertiary/aromatic N) is 2. The molecule has 3 aliphatic heterocycles. The Morgan fingerprint density at radius 1 is 1.18 bits per heavy atom. The topological polar surface area (TPSA) is 81.0 Å². The summed E-state index contributed by atoms with van der Waals surface area (Å²) in [5.41, 5.74) is 2.28. The lowest BCUT2D eigenvalue weighted by molar-refractivity contribution is 0.0787. The Bertz CT molecular complexity index is 947. The number of hydrogen-bond acceptors (Lipinski definition) is 4. The number of nitrogens with one attached hydrogen (secondary N) is 2. The van der Waals surface area contributed by atoms with Crippen LogP contribution in [0.1, 0.15) is 39.3 Å². The maximum absolute atomic E-state index is 14.5. The number of benzene rings is 1. The summed E-state index contributed by atoms with van der Waals surface area (Å²) in [7, 11) is 0. The number of carbonyl (C=O) groups is 2. The molecular weight excluding hydrogens is 363 g/mol. The maximum Gasteiger partial charge on any atom is 0.270 e. The third kappa shape index (κ3) is 3.03. The monoisotopic (exact) mass is 384 g/mol. The van der Waals surface area contributed by atoms with E-state index in [4.69, 9.17) is 4.74 Å². The number of halogens is 1. The minimum atomic E-state index is -0.580. The highest BCUT2D eigenvalue weighted by molar-refractivity contribution is 5.96. The minimum absolute atomic E-state index is 0.00458. The van der Waals surface area contributed by atoms with E-state index in [1.165, 1.54) is 12.1 Å². The Hall–Kier alpha value is -2.87. The molecular formula is C20H21FN4O3. The van der Waals surface area contributed by atoms with Gasteiger partial charge in [0.25, 0.3) is 11.8 Å². The Morgan fingerprint density at radius 2 is 1.96 bits per heavy atom. The normalized spacial score (nSPS) is 20.4. The molecule has 1 atom stereocenters. The Balaban J connectivity index is 1.37. The van der Waals surface area contributed by atoms with Crippen molar-refractivity contribution in [3.63, 3.8) is 0 Å². The number of aromatic amines is 1. The molecule has 1 unspecified atom stereocenters. The first-order chi connectivity index (χ1) is 13.6. The summed E-state index contributed by atoms with van der Waals surface area (Å²) < 4.78 is 19.5. The first-order valence-corrected chi connectivity index (χ1v) is 9.61. The number of likely N-dealkylation sites (tertiary alicyclic amines) is 1. The largest absolute Gasteiger partial charge is 0.351 e. The van der Waals surface area contributed by atoms with E-state index in [0.717, 1.165) is 43.7 Å². The summed E-state index contributed by atoms with van der Waals surface area (Å²) in [6.07, 6.45) is 2.56. The number of ether oxygens (including phenoxy) is 1. The van der Waals surface area contributed by atoms with Crippen LogP contribution in [0.25, 0.3) is 0 Å². The van der Waals surface area contributed by atoms with Gasteiger partial charge in [-0.2, -0.15) is 0 Å². The molecule has 0 aliphatic carbocycles. The first kappa shape index (κ1) is 17.2. The second kappa shape index (κ2) is 6.63. The zero-order valence-corrected chi connectivity index (χ0v) is 15.3. The minimum Gasteiger partial charge on any atom is -0.351 e. The molecule has 0 spiro atoms. The van der Waals surface area contributed by atoms with Crippen molar-refractivity contribution in [1.82, 2.24) is 15.2 Å². The van der Waals surface area contributed by atoms with Crippen molar-refractivity contribution < 1.29 is 18.7 Å². The van der Waals surface area contributed by atoms with E-state index in [1.807, 2.05) is 15.9 Å². The van der Waals surface area contributed by atoms with Gasteiger partial charge in [-0.1, -0.05) is 0 Å². The fourth-order valence-electron chi connectivity index (χ4n) is 3.94. The fourth-order valence-corrected chi connectivity index (χ4v) is 3.94. The lowest BCUT2D eigenvalue weighted by Gasteiger charge is -2.19. The lowest BCUT2D eigenvalue weighted by atomic mass is 10.1. The van der Waals surface area contributed by atoms with Crippen molar-refractivity contribution in [3.8, 4) is 0 Å². The summed E-state index contributed by atoms with van der Waals surface area (Å²) in [5.74, 6) is -0.214. The highest BCUT2D eigenvalue weighted by atomic mass is 19.1. The number of anilines is 2. The van der Waals surface area contributed by atoms with Gasteiger partial charge in [0, 0.05) is 25.3 Å². The molecule has 2 amide bonds. The Labute approximate surface area is 161 Å². The average molecular weight is 384 g/mol. The summed E-state index contributed by atoms with van der Waals surface area (Å²) >= 11 is 0. The van der Waals surface area contributed by atoms with E-state index in [-0.39, 0.29) is 17.7 Å². The van der Waals surface area contributed by atoms with Gasteiger partial charge >= 0.3 is 0 Å². The van der Waals surface area contributed by atoms with Gasteiger partial charge in [-0.3, -0.25) is 9.59 Å². The van der Waals surface area contributed by atoms with Crippen LogP contribution in [-0.4, -0.2) is 54.2 Å².